The number of aliphatic carboxylic acids is 1. The largest absolute Gasteiger partial charge is 0.480 e. The van der Waals surface area contributed by atoms with E-state index in [1.807, 2.05) is 13.8 Å². The average Bonchev–Trinajstić information content (AvgIpc) is 2.51. The highest BCUT2D eigenvalue weighted by molar-refractivity contribution is 5.82. The van der Waals surface area contributed by atoms with Gasteiger partial charge in [0.15, 0.2) is 0 Å². The predicted molar refractivity (Wildman–Crippen MR) is 101 cm³/mol. The Morgan fingerprint density at radius 2 is 1.63 bits per heavy atom. The molecule has 27 heavy (non-hydrogen) atoms. The van der Waals surface area contributed by atoms with Crippen LogP contribution in [0.4, 0.5) is 4.79 Å². The molecule has 0 saturated heterocycles. The molecule has 0 aromatic rings. The number of carbonyl (C=O) groups excluding carboxylic acids is 2. The minimum absolute atomic E-state index is 0.0458. The van der Waals surface area contributed by atoms with E-state index < -0.39 is 5.97 Å². The predicted octanol–water partition coefficient (Wildman–Crippen LogP) is 2.21. The van der Waals surface area contributed by atoms with Crippen molar-refractivity contribution >= 4 is 17.9 Å². The smallest absolute Gasteiger partial charge is 0.323 e. The van der Waals surface area contributed by atoms with Crippen molar-refractivity contribution in [3.63, 3.8) is 0 Å². The number of nitrogens with zero attached hydrogens (tertiary/aromatic N) is 1. The SMILES string of the molecule is CC(C)CN(CC(=O)O)C(=O)CCNC(=O)NC12CC3CC(CC(C3)C1)C2. The van der Waals surface area contributed by atoms with Gasteiger partial charge in [0.05, 0.1) is 0 Å². The van der Waals surface area contributed by atoms with Gasteiger partial charge < -0.3 is 20.6 Å². The molecule has 0 unspecified atom stereocenters. The molecule has 0 heterocycles. The zero-order valence-electron chi connectivity index (χ0n) is 16.5. The highest BCUT2D eigenvalue weighted by Gasteiger charge is 2.51. The summed E-state index contributed by atoms with van der Waals surface area (Å²) in [5.74, 6) is 1.23. The van der Waals surface area contributed by atoms with Gasteiger partial charge in [0.2, 0.25) is 5.91 Å². The average molecular weight is 380 g/mol. The number of hydrogen-bond donors (Lipinski definition) is 3. The van der Waals surface area contributed by atoms with Gasteiger partial charge in [0, 0.05) is 25.0 Å². The molecule has 4 aliphatic rings. The number of carboxylic acid groups (broad SMARTS) is 1. The van der Waals surface area contributed by atoms with E-state index in [9.17, 15) is 14.4 Å². The summed E-state index contributed by atoms with van der Waals surface area (Å²) in [7, 11) is 0. The highest BCUT2D eigenvalue weighted by atomic mass is 16.4. The third-order valence-electron chi connectivity index (χ3n) is 6.31. The molecule has 4 rings (SSSR count). The van der Waals surface area contributed by atoms with Crippen LogP contribution >= 0.6 is 0 Å². The Balaban J connectivity index is 1.44. The molecule has 4 saturated carbocycles. The number of amides is 3. The summed E-state index contributed by atoms with van der Waals surface area (Å²) >= 11 is 0. The van der Waals surface area contributed by atoms with Crippen LogP contribution in [0.5, 0.6) is 0 Å². The van der Waals surface area contributed by atoms with E-state index in [4.69, 9.17) is 5.11 Å². The molecule has 3 N–H and O–H groups in total. The van der Waals surface area contributed by atoms with Crippen molar-refractivity contribution in [2.45, 2.75) is 64.3 Å². The van der Waals surface area contributed by atoms with Crippen LogP contribution in [0.25, 0.3) is 0 Å². The maximum Gasteiger partial charge on any atom is 0.323 e. The van der Waals surface area contributed by atoms with Crippen LogP contribution in [0, 0.1) is 23.7 Å². The molecule has 4 fully saturated rings. The Morgan fingerprint density at radius 1 is 1.07 bits per heavy atom. The van der Waals surface area contributed by atoms with Gasteiger partial charge in [-0.1, -0.05) is 13.8 Å². The fourth-order valence-electron chi connectivity index (χ4n) is 5.85. The molecule has 4 bridgehead atoms. The standard InChI is InChI=1S/C20H33N3O4/c1-13(2)11-23(12-18(25)26)17(24)3-4-21-19(27)22-20-8-14-5-15(9-20)7-16(6-14)10-20/h13-16H,3-12H2,1-2H3,(H,25,26)(H2,21,22,27). The summed E-state index contributed by atoms with van der Waals surface area (Å²) in [5, 5.41) is 15.0. The van der Waals surface area contributed by atoms with Gasteiger partial charge in [-0.3, -0.25) is 9.59 Å². The Morgan fingerprint density at radius 3 is 2.11 bits per heavy atom. The van der Waals surface area contributed by atoms with E-state index in [1.54, 1.807) is 0 Å². The van der Waals surface area contributed by atoms with Crippen molar-refractivity contribution in [2.24, 2.45) is 23.7 Å². The molecule has 0 spiro atoms. The second kappa shape index (κ2) is 8.07. The van der Waals surface area contributed by atoms with E-state index in [2.05, 4.69) is 10.6 Å². The Bertz CT molecular complexity index is 554. The lowest BCUT2D eigenvalue weighted by atomic mass is 9.53. The van der Waals surface area contributed by atoms with Gasteiger partial charge >= 0.3 is 12.0 Å². The van der Waals surface area contributed by atoms with E-state index in [0.29, 0.717) is 6.54 Å². The summed E-state index contributed by atoms with van der Waals surface area (Å²) in [6, 6.07) is -0.196. The normalized spacial score (nSPS) is 31.0. The van der Waals surface area contributed by atoms with Gasteiger partial charge in [0.1, 0.15) is 6.54 Å². The maximum atomic E-state index is 12.4. The lowest BCUT2D eigenvalue weighted by molar-refractivity contribution is -0.144. The molecular weight excluding hydrogens is 346 g/mol. The lowest BCUT2D eigenvalue weighted by Crippen LogP contribution is -2.61. The number of urea groups is 1. The Labute approximate surface area is 161 Å². The first-order valence-electron chi connectivity index (χ1n) is 10.3. The summed E-state index contributed by atoms with van der Waals surface area (Å²) in [5.41, 5.74) is -0.0458. The van der Waals surface area contributed by atoms with Crippen molar-refractivity contribution in [3.05, 3.63) is 0 Å². The van der Waals surface area contributed by atoms with E-state index in [1.165, 1.54) is 24.2 Å². The van der Waals surface area contributed by atoms with Crippen LogP contribution < -0.4 is 10.6 Å². The maximum absolute atomic E-state index is 12.4. The van der Waals surface area contributed by atoms with Crippen LogP contribution in [-0.4, -0.2) is 53.1 Å². The first kappa shape index (κ1) is 20.0. The van der Waals surface area contributed by atoms with Gasteiger partial charge in [-0.05, 0) is 62.2 Å². The van der Waals surface area contributed by atoms with Crippen molar-refractivity contribution in [1.29, 1.82) is 0 Å². The molecule has 0 aromatic heterocycles. The number of carbonyl (C=O) groups is 3. The first-order valence-corrected chi connectivity index (χ1v) is 10.3. The second-order valence-corrected chi connectivity index (χ2v) is 9.39. The molecular formula is C20H33N3O4. The molecule has 4 aliphatic carbocycles. The van der Waals surface area contributed by atoms with Gasteiger partial charge in [-0.25, -0.2) is 4.79 Å². The van der Waals surface area contributed by atoms with Crippen LogP contribution in [0.1, 0.15) is 58.8 Å². The van der Waals surface area contributed by atoms with Gasteiger partial charge in [0.25, 0.3) is 0 Å². The number of carboxylic acids is 1. The fourth-order valence-corrected chi connectivity index (χ4v) is 5.85. The topological polar surface area (TPSA) is 98.7 Å². The Kier molecular flexibility index (Phi) is 5.96. The van der Waals surface area contributed by atoms with E-state index >= 15 is 0 Å². The third-order valence-corrected chi connectivity index (χ3v) is 6.31. The quantitative estimate of drug-likeness (QED) is 0.602. The first-order chi connectivity index (χ1) is 12.7. The van der Waals surface area contributed by atoms with Crippen LogP contribution in [0.2, 0.25) is 0 Å². The van der Waals surface area contributed by atoms with Gasteiger partial charge in [-0.15, -0.1) is 0 Å². The summed E-state index contributed by atoms with van der Waals surface area (Å²) in [6.07, 6.45) is 7.36. The van der Waals surface area contributed by atoms with Crippen molar-refractivity contribution in [1.82, 2.24) is 15.5 Å². The van der Waals surface area contributed by atoms with Gasteiger partial charge in [-0.2, -0.15) is 0 Å². The zero-order valence-corrected chi connectivity index (χ0v) is 16.5. The van der Waals surface area contributed by atoms with E-state index in [0.717, 1.165) is 37.0 Å². The van der Waals surface area contributed by atoms with E-state index in [-0.39, 0.29) is 42.9 Å². The second-order valence-electron chi connectivity index (χ2n) is 9.39. The molecule has 7 heteroatoms. The summed E-state index contributed by atoms with van der Waals surface area (Å²) in [4.78, 5) is 37.0. The molecule has 0 aromatic carbocycles. The third kappa shape index (κ3) is 5.14. The summed E-state index contributed by atoms with van der Waals surface area (Å²) in [6.45, 7) is 4.23. The molecule has 0 aliphatic heterocycles. The Hall–Kier alpha value is -1.79. The summed E-state index contributed by atoms with van der Waals surface area (Å²) < 4.78 is 0. The minimum atomic E-state index is -1.02. The minimum Gasteiger partial charge on any atom is -0.480 e. The molecule has 0 radical (unpaired) electrons. The molecule has 152 valence electrons. The van der Waals surface area contributed by atoms with Crippen molar-refractivity contribution in [2.75, 3.05) is 19.6 Å². The monoisotopic (exact) mass is 379 g/mol. The van der Waals surface area contributed by atoms with Crippen LogP contribution in [-0.2, 0) is 9.59 Å². The highest BCUT2D eigenvalue weighted by Crippen LogP contribution is 2.55. The number of hydrogen-bond acceptors (Lipinski definition) is 3. The lowest BCUT2D eigenvalue weighted by Gasteiger charge is -2.56. The van der Waals surface area contributed by atoms with Crippen molar-refractivity contribution < 1.29 is 19.5 Å². The van der Waals surface area contributed by atoms with Crippen LogP contribution in [0.3, 0.4) is 0 Å². The van der Waals surface area contributed by atoms with Crippen LogP contribution in [0.15, 0.2) is 0 Å². The molecule has 0 atom stereocenters. The molecule has 7 nitrogen and oxygen atoms in total. The van der Waals surface area contributed by atoms with Crippen molar-refractivity contribution in [3.8, 4) is 0 Å². The number of rotatable bonds is 8. The zero-order chi connectivity index (χ0) is 19.6. The molecule has 3 amide bonds. The number of nitrogens with one attached hydrogen (secondary N) is 2. The fraction of sp³-hybridized carbons (Fsp3) is 0.850.